The SMILES string of the molecule is Cc1ccc(C(Cl)c2ccncc2)cc1C. The van der Waals surface area contributed by atoms with Gasteiger partial charge >= 0.3 is 0 Å². The van der Waals surface area contributed by atoms with Crippen LogP contribution >= 0.6 is 11.6 Å². The highest BCUT2D eigenvalue weighted by Gasteiger charge is 2.10. The normalized spacial score (nSPS) is 12.4. The van der Waals surface area contributed by atoms with Crippen molar-refractivity contribution in [1.82, 2.24) is 4.98 Å². The number of aryl methyl sites for hydroxylation is 2. The summed E-state index contributed by atoms with van der Waals surface area (Å²) in [7, 11) is 0. The Hall–Kier alpha value is -1.34. The Balaban J connectivity index is 2.34. The third-order valence-corrected chi connectivity index (χ3v) is 3.33. The van der Waals surface area contributed by atoms with Crippen LogP contribution in [0.2, 0.25) is 0 Å². The first-order valence-corrected chi connectivity index (χ1v) is 5.73. The van der Waals surface area contributed by atoms with Crippen molar-refractivity contribution in [2.45, 2.75) is 19.2 Å². The highest BCUT2D eigenvalue weighted by molar-refractivity contribution is 6.22. The molecule has 1 atom stereocenters. The molecule has 0 radical (unpaired) electrons. The topological polar surface area (TPSA) is 12.9 Å². The fourth-order valence-electron chi connectivity index (χ4n) is 1.65. The van der Waals surface area contributed by atoms with Crippen LogP contribution in [0.15, 0.2) is 42.7 Å². The molecule has 0 saturated carbocycles. The molecule has 0 saturated heterocycles. The Morgan fingerprint density at radius 2 is 1.62 bits per heavy atom. The lowest BCUT2D eigenvalue weighted by Gasteiger charge is -2.11. The standard InChI is InChI=1S/C14H14ClN/c1-10-3-4-13(9-11(10)2)14(15)12-5-7-16-8-6-12/h3-9,14H,1-2H3. The van der Waals surface area contributed by atoms with Gasteiger partial charge in [-0.3, -0.25) is 4.98 Å². The van der Waals surface area contributed by atoms with Gasteiger partial charge in [-0.15, -0.1) is 11.6 Å². The van der Waals surface area contributed by atoms with Crippen LogP contribution < -0.4 is 0 Å². The average Bonchev–Trinajstić information content (AvgIpc) is 2.33. The fourth-order valence-corrected chi connectivity index (χ4v) is 1.93. The van der Waals surface area contributed by atoms with E-state index in [4.69, 9.17) is 11.6 Å². The fraction of sp³-hybridized carbons (Fsp3) is 0.214. The monoisotopic (exact) mass is 231 g/mol. The zero-order valence-electron chi connectivity index (χ0n) is 9.44. The molecule has 1 nitrogen and oxygen atoms in total. The molecule has 1 heterocycles. The summed E-state index contributed by atoms with van der Waals surface area (Å²) in [6, 6.07) is 10.2. The van der Waals surface area contributed by atoms with Crippen molar-refractivity contribution < 1.29 is 0 Å². The lowest BCUT2D eigenvalue weighted by Crippen LogP contribution is -1.94. The van der Waals surface area contributed by atoms with Crippen LogP contribution in [0, 0.1) is 13.8 Å². The second kappa shape index (κ2) is 4.67. The van der Waals surface area contributed by atoms with E-state index < -0.39 is 0 Å². The summed E-state index contributed by atoms with van der Waals surface area (Å²) in [4.78, 5) is 3.99. The van der Waals surface area contributed by atoms with Crippen molar-refractivity contribution in [3.8, 4) is 0 Å². The quantitative estimate of drug-likeness (QED) is 0.712. The lowest BCUT2D eigenvalue weighted by atomic mass is 10.0. The molecular formula is C14H14ClN. The number of pyridine rings is 1. The maximum Gasteiger partial charge on any atom is 0.0836 e. The molecule has 1 aromatic heterocycles. The van der Waals surface area contributed by atoms with Gasteiger partial charge < -0.3 is 0 Å². The second-order valence-corrected chi connectivity index (χ2v) is 4.42. The van der Waals surface area contributed by atoms with Crippen LogP contribution in [0.3, 0.4) is 0 Å². The molecule has 0 fully saturated rings. The smallest absolute Gasteiger partial charge is 0.0836 e. The number of benzene rings is 1. The second-order valence-electron chi connectivity index (χ2n) is 3.99. The van der Waals surface area contributed by atoms with Gasteiger partial charge in [0.25, 0.3) is 0 Å². The van der Waals surface area contributed by atoms with E-state index in [-0.39, 0.29) is 5.38 Å². The summed E-state index contributed by atoms with van der Waals surface area (Å²) in [5, 5.41) is -0.0951. The molecule has 82 valence electrons. The predicted octanol–water partition coefficient (Wildman–Crippen LogP) is 4.03. The first-order valence-electron chi connectivity index (χ1n) is 5.29. The zero-order valence-corrected chi connectivity index (χ0v) is 10.2. The van der Waals surface area contributed by atoms with Crippen LogP contribution in [0.4, 0.5) is 0 Å². The number of aromatic nitrogens is 1. The Labute approximate surface area is 101 Å². The number of hydrogen-bond acceptors (Lipinski definition) is 1. The van der Waals surface area contributed by atoms with Gasteiger partial charge in [0.2, 0.25) is 0 Å². The van der Waals surface area contributed by atoms with Gasteiger partial charge in [-0.2, -0.15) is 0 Å². The van der Waals surface area contributed by atoms with Gasteiger partial charge in [0.15, 0.2) is 0 Å². The molecular weight excluding hydrogens is 218 g/mol. The number of halogens is 1. The number of rotatable bonds is 2. The lowest BCUT2D eigenvalue weighted by molar-refractivity contribution is 1.11. The van der Waals surface area contributed by atoms with Crippen molar-refractivity contribution in [2.75, 3.05) is 0 Å². The first-order chi connectivity index (χ1) is 7.68. The van der Waals surface area contributed by atoms with Gasteiger partial charge in [0.05, 0.1) is 5.38 Å². The van der Waals surface area contributed by atoms with E-state index >= 15 is 0 Å². The summed E-state index contributed by atoms with van der Waals surface area (Å²) < 4.78 is 0. The molecule has 0 aliphatic carbocycles. The van der Waals surface area contributed by atoms with Gasteiger partial charge in [-0.25, -0.2) is 0 Å². The first kappa shape index (κ1) is 11.2. The van der Waals surface area contributed by atoms with Gasteiger partial charge in [0, 0.05) is 12.4 Å². The number of nitrogens with zero attached hydrogens (tertiary/aromatic N) is 1. The van der Waals surface area contributed by atoms with Crippen molar-refractivity contribution in [2.24, 2.45) is 0 Å². The van der Waals surface area contributed by atoms with E-state index in [1.807, 2.05) is 12.1 Å². The molecule has 0 aliphatic heterocycles. The predicted molar refractivity (Wildman–Crippen MR) is 67.8 cm³/mol. The molecule has 1 unspecified atom stereocenters. The van der Waals surface area contributed by atoms with E-state index in [2.05, 4.69) is 37.0 Å². The molecule has 0 aliphatic rings. The van der Waals surface area contributed by atoms with Crippen molar-refractivity contribution >= 4 is 11.6 Å². The molecule has 1 aromatic carbocycles. The highest BCUT2D eigenvalue weighted by atomic mass is 35.5. The van der Waals surface area contributed by atoms with E-state index in [1.165, 1.54) is 11.1 Å². The highest BCUT2D eigenvalue weighted by Crippen LogP contribution is 2.29. The molecule has 0 N–H and O–H groups in total. The van der Waals surface area contributed by atoms with Crippen LogP contribution in [0.25, 0.3) is 0 Å². The summed E-state index contributed by atoms with van der Waals surface area (Å²) in [5.41, 5.74) is 4.79. The summed E-state index contributed by atoms with van der Waals surface area (Å²) in [6.45, 7) is 4.21. The molecule has 0 bridgehead atoms. The number of alkyl halides is 1. The summed E-state index contributed by atoms with van der Waals surface area (Å²) in [6.07, 6.45) is 3.54. The Morgan fingerprint density at radius 3 is 2.25 bits per heavy atom. The van der Waals surface area contributed by atoms with Crippen LogP contribution in [0.5, 0.6) is 0 Å². The minimum absolute atomic E-state index is 0.0951. The molecule has 0 amide bonds. The van der Waals surface area contributed by atoms with Crippen molar-refractivity contribution in [3.05, 3.63) is 65.0 Å². The van der Waals surface area contributed by atoms with Gasteiger partial charge in [0.1, 0.15) is 0 Å². The van der Waals surface area contributed by atoms with Crippen molar-refractivity contribution in [3.63, 3.8) is 0 Å². The largest absolute Gasteiger partial charge is 0.265 e. The summed E-state index contributed by atoms with van der Waals surface area (Å²) in [5.74, 6) is 0. The Morgan fingerprint density at radius 1 is 0.938 bits per heavy atom. The van der Waals surface area contributed by atoms with Crippen LogP contribution in [-0.4, -0.2) is 4.98 Å². The van der Waals surface area contributed by atoms with E-state index in [1.54, 1.807) is 12.4 Å². The molecule has 0 spiro atoms. The average molecular weight is 232 g/mol. The maximum atomic E-state index is 6.43. The van der Waals surface area contributed by atoms with Gasteiger partial charge in [-0.05, 0) is 48.2 Å². The van der Waals surface area contributed by atoms with Crippen LogP contribution in [-0.2, 0) is 0 Å². The minimum Gasteiger partial charge on any atom is -0.265 e. The summed E-state index contributed by atoms with van der Waals surface area (Å²) >= 11 is 6.43. The molecule has 2 heteroatoms. The minimum atomic E-state index is -0.0951. The molecule has 2 aromatic rings. The van der Waals surface area contributed by atoms with Gasteiger partial charge in [-0.1, -0.05) is 18.2 Å². The van der Waals surface area contributed by atoms with E-state index in [0.29, 0.717) is 0 Å². The Kier molecular flexibility index (Phi) is 3.25. The third-order valence-electron chi connectivity index (χ3n) is 2.82. The molecule has 2 rings (SSSR count). The van der Waals surface area contributed by atoms with Crippen LogP contribution in [0.1, 0.15) is 27.6 Å². The maximum absolute atomic E-state index is 6.43. The zero-order chi connectivity index (χ0) is 11.5. The van der Waals surface area contributed by atoms with E-state index in [0.717, 1.165) is 11.1 Å². The van der Waals surface area contributed by atoms with E-state index in [9.17, 15) is 0 Å². The Bertz CT molecular complexity index is 479. The van der Waals surface area contributed by atoms with Crippen molar-refractivity contribution in [1.29, 1.82) is 0 Å². The third kappa shape index (κ3) is 2.25. The number of hydrogen-bond donors (Lipinski definition) is 0. The molecule has 16 heavy (non-hydrogen) atoms.